The van der Waals surface area contributed by atoms with Crippen molar-refractivity contribution in [3.8, 4) is 5.75 Å². The molecule has 19 heavy (non-hydrogen) atoms. The van der Waals surface area contributed by atoms with Crippen molar-refractivity contribution in [2.45, 2.75) is 13.5 Å². The molecule has 0 radical (unpaired) electrons. The van der Waals surface area contributed by atoms with E-state index in [0.29, 0.717) is 28.9 Å². The Bertz CT molecular complexity index is 453. The van der Waals surface area contributed by atoms with Crippen molar-refractivity contribution in [1.82, 2.24) is 10.2 Å². The van der Waals surface area contributed by atoms with Crippen LogP contribution in [0.2, 0.25) is 10.0 Å². The summed E-state index contributed by atoms with van der Waals surface area (Å²) in [5.41, 5.74) is 0.826. The Morgan fingerprint density at radius 2 is 2.11 bits per heavy atom. The predicted octanol–water partition coefficient (Wildman–Crippen LogP) is 2.57. The molecule has 106 valence electrons. The van der Waals surface area contributed by atoms with Gasteiger partial charge in [-0.2, -0.15) is 0 Å². The molecule has 1 aromatic carbocycles. The van der Waals surface area contributed by atoms with E-state index in [-0.39, 0.29) is 12.5 Å². The maximum Gasteiger partial charge on any atom is 0.260 e. The molecule has 0 aliphatic carbocycles. The zero-order chi connectivity index (χ0) is 14.4. The molecule has 0 unspecified atom stereocenters. The lowest BCUT2D eigenvalue weighted by Crippen LogP contribution is -2.31. The minimum atomic E-state index is -0.0936. The lowest BCUT2D eigenvalue weighted by atomic mass is 10.2. The van der Waals surface area contributed by atoms with Gasteiger partial charge >= 0.3 is 0 Å². The van der Waals surface area contributed by atoms with E-state index in [9.17, 15) is 4.79 Å². The molecule has 4 nitrogen and oxygen atoms in total. The van der Waals surface area contributed by atoms with Crippen molar-refractivity contribution < 1.29 is 9.53 Å². The van der Waals surface area contributed by atoms with Crippen molar-refractivity contribution in [1.29, 1.82) is 0 Å². The number of nitrogens with one attached hydrogen (secondary N) is 1. The molecule has 0 bridgehead atoms. The molecule has 6 heteroatoms. The number of hydrogen-bond acceptors (Lipinski definition) is 3. The van der Waals surface area contributed by atoms with Gasteiger partial charge in [0.15, 0.2) is 6.61 Å². The van der Waals surface area contributed by atoms with Crippen LogP contribution in [0, 0.1) is 0 Å². The Hall–Kier alpha value is -0.970. The summed E-state index contributed by atoms with van der Waals surface area (Å²) in [6, 6.07) is 3.37. The zero-order valence-electron chi connectivity index (χ0n) is 11.3. The molecule has 1 aromatic rings. The fourth-order valence-corrected chi connectivity index (χ4v) is 2.11. The fraction of sp³-hybridized carbons (Fsp3) is 0.462. The van der Waals surface area contributed by atoms with Gasteiger partial charge in [0, 0.05) is 30.7 Å². The monoisotopic (exact) mass is 304 g/mol. The largest absolute Gasteiger partial charge is 0.482 e. The van der Waals surface area contributed by atoms with E-state index in [2.05, 4.69) is 5.32 Å². The molecule has 0 atom stereocenters. The summed E-state index contributed by atoms with van der Waals surface area (Å²) in [5.74, 6) is 0.405. The highest BCUT2D eigenvalue weighted by molar-refractivity contribution is 6.35. The second kappa shape index (κ2) is 7.58. The smallest absolute Gasteiger partial charge is 0.260 e. The van der Waals surface area contributed by atoms with Gasteiger partial charge in [-0.05, 0) is 26.1 Å². The maximum atomic E-state index is 11.7. The van der Waals surface area contributed by atoms with Gasteiger partial charge in [-0.3, -0.25) is 4.79 Å². The van der Waals surface area contributed by atoms with Crippen LogP contribution in [0.5, 0.6) is 5.75 Å². The highest BCUT2D eigenvalue weighted by atomic mass is 35.5. The summed E-state index contributed by atoms with van der Waals surface area (Å²) in [6.45, 7) is 3.06. The second-order valence-electron chi connectivity index (χ2n) is 4.10. The van der Waals surface area contributed by atoms with Crippen LogP contribution in [0.15, 0.2) is 12.1 Å². The van der Waals surface area contributed by atoms with E-state index in [0.717, 1.165) is 5.56 Å². The van der Waals surface area contributed by atoms with Gasteiger partial charge in [-0.25, -0.2) is 0 Å². The number of ether oxygens (including phenoxy) is 1. The second-order valence-corrected chi connectivity index (χ2v) is 4.95. The Balaban J connectivity index is 2.85. The number of likely N-dealkylation sites (N-methyl/N-ethyl adjacent to an activating group) is 1. The van der Waals surface area contributed by atoms with Crippen molar-refractivity contribution in [2.75, 3.05) is 27.2 Å². The summed E-state index contributed by atoms with van der Waals surface area (Å²) < 4.78 is 5.54. The van der Waals surface area contributed by atoms with Crippen molar-refractivity contribution in [3.05, 3.63) is 27.7 Å². The van der Waals surface area contributed by atoms with Crippen LogP contribution in [0.3, 0.4) is 0 Å². The number of rotatable bonds is 6. The van der Waals surface area contributed by atoms with Crippen LogP contribution in [-0.2, 0) is 11.3 Å². The summed E-state index contributed by atoms with van der Waals surface area (Å²) >= 11 is 12.1. The SMILES string of the molecule is CCN(C)C(=O)COc1c(Cl)cc(Cl)cc1CNC. The lowest BCUT2D eigenvalue weighted by molar-refractivity contribution is -0.131. The number of carbonyl (C=O) groups is 1. The third-order valence-electron chi connectivity index (χ3n) is 2.69. The number of carbonyl (C=O) groups excluding carboxylic acids is 1. The molecule has 1 amide bonds. The molecular formula is C13H18Cl2N2O2. The average molecular weight is 305 g/mol. The van der Waals surface area contributed by atoms with Gasteiger partial charge in [0.05, 0.1) is 5.02 Å². The standard InChI is InChI=1S/C13H18Cl2N2O2/c1-4-17(3)12(18)8-19-13-9(7-16-2)5-10(14)6-11(13)15/h5-6,16H,4,7-8H2,1-3H3. The lowest BCUT2D eigenvalue weighted by Gasteiger charge is -2.17. The number of benzene rings is 1. The predicted molar refractivity (Wildman–Crippen MR) is 78.0 cm³/mol. The molecule has 0 saturated carbocycles. The molecule has 0 saturated heterocycles. The van der Waals surface area contributed by atoms with Crippen molar-refractivity contribution in [3.63, 3.8) is 0 Å². The van der Waals surface area contributed by atoms with Gasteiger partial charge in [-0.15, -0.1) is 0 Å². The van der Waals surface area contributed by atoms with Gasteiger partial charge in [0.2, 0.25) is 0 Å². The molecule has 0 heterocycles. The Morgan fingerprint density at radius 1 is 1.42 bits per heavy atom. The summed E-state index contributed by atoms with van der Waals surface area (Å²) in [4.78, 5) is 13.3. The molecular weight excluding hydrogens is 287 g/mol. The normalized spacial score (nSPS) is 10.4. The van der Waals surface area contributed by atoms with Crippen molar-refractivity contribution >= 4 is 29.1 Å². The third kappa shape index (κ3) is 4.56. The first-order valence-corrected chi connectivity index (χ1v) is 6.74. The maximum absolute atomic E-state index is 11.7. The van der Waals surface area contributed by atoms with Gasteiger partial charge in [0.1, 0.15) is 5.75 Å². The number of hydrogen-bond donors (Lipinski definition) is 1. The van der Waals surface area contributed by atoms with E-state index in [1.807, 2.05) is 14.0 Å². The number of amides is 1. The van der Waals surface area contributed by atoms with E-state index in [1.54, 1.807) is 24.1 Å². The Kier molecular flexibility index (Phi) is 6.42. The topological polar surface area (TPSA) is 41.6 Å². The molecule has 0 spiro atoms. The molecule has 1 rings (SSSR count). The summed E-state index contributed by atoms with van der Waals surface area (Å²) in [5, 5.41) is 3.96. The van der Waals surface area contributed by atoms with Crippen LogP contribution in [-0.4, -0.2) is 38.1 Å². The molecule has 1 N–H and O–H groups in total. The minimum absolute atomic E-state index is 0.0393. The van der Waals surface area contributed by atoms with Crippen LogP contribution < -0.4 is 10.1 Å². The molecule has 0 aromatic heterocycles. The first kappa shape index (κ1) is 16.1. The average Bonchev–Trinajstić information content (AvgIpc) is 2.36. The number of halogens is 2. The van der Waals surface area contributed by atoms with E-state index < -0.39 is 0 Å². The summed E-state index contributed by atoms with van der Waals surface area (Å²) in [6.07, 6.45) is 0. The first-order valence-electron chi connectivity index (χ1n) is 5.98. The first-order chi connectivity index (χ1) is 8.99. The third-order valence-corrected chi connectivity index (χ3v) is 3.19. The van der Waals surface area contributed by atoms with Crippen LogP contribution in [0.25, 0.3) is 0 Å². The van der Waals surface area contributed by atoms with Crippen molar-refractivity contribution in [2.24, 2.45) is 0 Å². The highest BCUT2D eigenvalue weighted by Gasteiger charge is 2.13. The quantitative estimate of drug-likeness (QED) is 0.878. The highest BCUT2D eigenvalue weighted by Crippen LogP contribution is 2.32. The summed E-state index contributed by atoms with van der Waals surface area (Å²) in [7, 11) is 3.54. The van der Waals surface area contributed by atoms with Gasteiger partial charge in [-0.1, -0.05) is 23.2 Å². The van der Waals surface area contributed by atoms with Crippen LogP contribution >= 0.6 is 23.2 Å². The van der Waals surface area contributed by atoms with E-state index in [4.69, 9.17) is 27.9 Å². The zero-order valence-corrected chi connectivity index (χ0v) is 12.8. The molecule has 0 aliphatic heterocycles. The van der Waals surface area contributed by atoms with Gasteiger partial charge in [0.25, 0.3) is 5.91 Å². The number of nitrogens with zero attached hydrogens (tertiary/aromatic N) is 1. The van der Waals surface area contributed by atoms with E-state index in [1.165, 1.54) is 0 Å². The fourth-order valence-electron chi connectivity index (χ4n) is 1.52. The van der Waals surface area contributed by atoms with E-state index >= 15 is 0 Å². The molecule has 0 fully saturated rings. The van der Waals surface area contributed by atoms with Crippen LogP contribution in [0.4, 0.5) is 0 Å². The van der Waals surface area contributed by atoms with Crippen LogP contribution in [0.1, 0.15) is 12.5 Å². The Labute approximate surface area is 123 Å². The molecule has 0 aliphatic rings. The van der Waals surface area contributed by atoms with Gasteiger partial charge < -0.3 is 15.0 Å². The minimum Gasteiger partial charge on any atom is -0.482 e. The Morgan fingerprint density at radius 3 is 2.68 bits per heavy atom.